The Labute approximate surface area is 119 Å². The molecule has 2 rings (SSSR count). The van der Waals surface area contributed by atoms with Crippen LogP contribution in [-0.2, 0) is 4.74 Å². The smallest absolute Gasteiger partial charge is 0.337 e. The van der Waals surface area contributed by atoms with Gasteiger partial charge in [0.2, 0.25) is 0 Å². The molecule has 1 fully saturated rings. The number of carbonyl (C=O) groups excluding carboxylic acids is 1. The third-order valence-corrected chi connectivity index (χ3v) is 3.01. The van der Waals surface area contributed by atoms with Gasteiger partial charge in [0.25, 0.3) is 0 Å². The molecule has 1 saturated carbocycles. The number of hydrogen-bond acceptors (Lipinski definition) is 5. The van der Waals surface area contributed by atoms with Crippen LogP contribution in [0.4, 0.5) is 0 Å². The van der Waals surface area contributed by atoms with Crippen molar-refractivity contribution in [1.82, 2.24) is 0 Å². The number of ether oxygens (including phenoxy) is 3. The minimum absolute atomic E-state index is 0.0189. The summed E-state index contributed by atoms with van der Waals surface area (Å²) in [6.45, 7) is 3.98. The summed E-state index contributed by atoms with van der Waals surface area (Å²) in [5.41, 5.74) is -0.0735. The maximum atomic E-state index is 11.4. The number of methoxy groups -OCH3 is 2. The third-order valence-electron chi connectivity index (χ3n) is 3.01. The van der Waals surface area contributed by atoms with E-state index in [2.05, 4.69) is 4.74 Å². The Bertz CT molecular complexity index is 452. The first-order valence-electron chi connectivity index (χ1n) is 6.70. The number of esters is 1. The number of hydrogen-bond donors (Lipinski definition) is 1. The minimum Gasteiger partial charge on any atom is -0.493 e. The monoisotopic (exact) mass is 282 g/mol. The van der Waals surface area contributed by atoms with E-state index in [0.717, 1.165) is 12.8 Å². The average molecular weight is 282 g/mol. The van der Waals surface area contributed by atoms with Gasteiger partial charge in [-0.3, -0.25) is 0 Å². The molecule has 5 nitrogen and oxygen atoms in total. The fraction of sp³-hybridized carbons (Fsp3) is 0.533. The molecule has 0 saturated heterocycles. The molecular formula is C15H22O5. The molecule has 5 heteroatoms. The number of benzene rings is 1. The van der Waals surface area contributed by atoms with Crippen LogP contribution >= 0.6 is 0 Å². The van der Waals surface area contributed by atoms with E-state index in [1.807, 2.05) is 13.8 Å². The van der Waals surface area contributed by atoms with Gasteiger partial charge in [0, 0.05) is 0 Å². The van der Waals surface area contributed by atoms with Gasteiger partial charge in [0.1, 0.15) is 5.60 Å². The average Bonchev–Trinajstić information content (AvgIpc) is 3.29. The van der Waals surface area contributed by atoms with Crippen LogP contribution in [0.15, 0.2) is 18.2 Å². The van der Waals surface area contributed by atoms with Crippen molar-refractivity contribution in [3.05, 3.63) is 23.8 Å². The molecule has 0 spiro atoms. The van der Waals surface area contributed by atoms with Crippen molar-refractivity contribution < 1.29 is 24.1 Å². The van der Waals surface area contributed by atoms with Crippen LogP contribution < -0.4 is 9.47 Å². The van der Waals surface area contributed by atoms with Crippen LogP contribution in [0.25, 0.3) is 0 Å². The summed E-state index contributed by atoms with van der Waals surface area (Å²) in [6, 6.07) is 4.83. The maximum absolute atomic E-state index is 11.4. The predicted molar refractivity (Wildman–Crippen MR) is 75.4 cm³/mol. The molecule has 0 aliphatic heterocycles. The standard InChI is InChI=1S/C13H16O5.C2H6/c1-16-11-7-9(12(15)17-2)3-4-10(11)18-13(8-14)5-6-13;1-2/h3-4,7,14H,5-6,8H2,1-2H3;1-2H3. The second-order valence-electron chi connectivity index (χ2n) is 4.30. The molecule has 0 aromatic heterocycles. The lowest BCUT2D eigenvalue weighted by molar-refractivity contribution is 0.0599. The van der Waals surface area contributed by atoms with Gasteiger partial charge in [-0.05, 0) is 31.0 Å². The lowest BCUT2D eigenvalue weighted by atomic mass is 10.2. The largest absolute Gasteiger partial charge is 0.493 e. The van der Waals surface area contributed by atoms with Crippen molar-refractivity contribution in [3.8, 4) is 11.5 Å². The van der Waals surface area contributed by atoms with Gasteiger partial charge in [0.05, 0.1) is 26.4 Å². The van der Waals surface area contributed by atoms with E-state index in [1.54, 1.807) is 18.2 Å². The summed E-state index contributed by atoms with van der Waals surface area (Å²) in [4.78, 5) is 11.4. The van der Waals surface area contributed by atoms with E-state index in [0.29, 0.717) is 17.1 Å². The van der Waals surface area contributed by atoms with Crippen molar-refractivity contribution in [2.24, 2.45) is 0 Å². The van der Waals surface area contributed by atoms with Crippen molar-refractivity contribution >= 4 is 5.97 Å². The van der Waals surface area contributed by atoms with Crippen molar-refractivity contribution in [3.63, 3.8) is 0 Å². The molecule has 1 aliphatic rings. The Morgan fingerprint density at radius 2 is 1.90 bits per heavy atom. The number of aliphatic hydroxyl groups is 1. The first-order chi connectivity index (χ1) is 9.64. The summed E-state index contributed by atoms with van der Waals surface area (Å²) in [6.07, 6.45) is 1.65. The fourth-order valence-corrected chi connectivity index (χ4v) is 1.66. The fourth-order valence-electron chi connectivity index (χ4n) is 1.66. The summed E-state index contributed by atoms with van der Waals surface area (Å²) in [5, 5.41) is 9.22. The van der Waals surface area contributed by atoms with Crippen LogP contribution in [0.5, 0.6) is 11.5 Å². The Kier molecular flexibility index (Phi) is 5.82. The Balaban J connectivity index is 0.000000956. The van der Waals surface area contributed by atoms with E-state index < -0.39 is 11.6 Å². The number of aliphatic hydroxyl groups excluding tert-OH is 1. The van der Waals surface area contributed by atoms with Crippen LogP contribution in [-0.4, -0.2) is 37.5 Å². The Hall–Kier alpha value is -1.75. The van der Waals surface area contributed by atoms with E-state index in [-0.39, 0.29) is 6.61 Å². The zero-order valence-corrected chi connectivity index (χ0v) is 12.4. The summed E-state index contributed by atoms with van der Waals surface area (Å²) in [7, 11) is 2.83. The molecule has 1 aliphatic carbocycles. The van der Waals surface area contributed by atoms with Crippen molar-refractivity contribution in [1.29, 1.82) is 0 Å². The summed E-state index contributed by atoms with van der Waals surface area (Å²) < 4.78 is 15.5. The zero-order chi connectivity index (χ0) is 15.2. The first-order valence-corrected chi connectivity index (χ1v) is 6.70. The normalized spacial score (nSPS) is 14.7. The van der Waals surface area contributed by atoms with Crippen LogP contribution in [0, 0.1) is 0 Å². The van der Waals surface area contributed by atoms with E-state index >= 15 is 0 Å². The molecule has 1 aromatic rings. The highest BCUT2D eigenvalue weighted by Crippen LogP contribution is 2.42. The molecule has 0 unspecified atom stereocenters. The first kappa shape index (κ1) is 16.3. The minimum atomic E-state index is -0.472. The molecule has 0 atom stereocenters. The van der Waals surface area contributed by atoms with Crippen LogP contribution in [0.1, 0.15) is 37.0 Å². The second-order valence-corrected chi connectivity index (χ2v) is 4.30. The Morgan fingerprint density at radius 1 is 1.25 bits per heavy atom. The predicted octanol–water partition coefficient (Wildman–Crippen LogP) is 2.41. The summed E-state index contributed by atoms with van der Waals surface area (Å²) in [5.74, 6) is 0.553. The molecular weight excluding hydrogens is 260 g/mol. The number of carbonyl (C=O) groups is 1. The lowest BCUT2D eigenvalue weighted by Gasteiger charge is -2.17. The van der Waals surface area contributed by atoms with Crippen molar-refractivity contribution in [2.45, 2.75) is 32.3 Å². The van der Waals surface area contributed by atoms with Crippen LogP contribution in [0.2, 0.25) is 0 Å². The lowest BCUT2D eigenvalue weighted by Crippen LogP contribution is -2.23. The topological polar surface area (TPSA) is 65.0 Å². The number of rotatable bonds is 5. The van der Waals surface area contributed by atoms with Gasteiger partial charge in [-0.2, -0.15) is 0 Å². The molecule has 0 radical (unpaired) electrons. The Morgan fingerprint density at radius 3 is 2.35 bits per heavy atom. The zero-order valence-electron chi connectivity index (χ0n) is 12.4. The second kappa shape index (κ2) is 7.14. The highest BCUT2D eigenvalue weighted by Gasteiger charge is 2.45. The van der Waals surface area contributed by atoms with E-state index in [1.165, 1.54) is 14.2 Å². The van der Waals surface area contributed by atoms with Gasteiger partial charge >= 0.3 is 5.97 Å². The SMILES string of the molecule is CC.COC(=O)c1ccc(OC2(CO)CC2)c(OC)c1. The molecule has 0 heterocycles. The highest BCUT2D eigenvalue weighted by atomic mass is 16.5. The van der Waals surface area contributed by atoms with Gasteiger partial charge < -0.3 is 19.3 Å². The maximum Gasteiger partial charge on any atom is 0.337 e. The van der Waals surface area contributed by atoms with Crippen molar-refractivity contribution in [2.75, 3.05) is 20.8 Å². The molecule has 0 amide bonds. The highest BCUT2D eigenvalue weighted by molar-refractivity contribution is 5.90. The molecule has 1 N–H and O–H groups in total. The van der Waals surface area contributed by atoms with Gasteiger partial charge in [-0.1, -0.05) is 13.8 Å². The van der Waals surface area contributed by atoms with Crippen LogP contribution in [0.3, 0.4) is 0 Å². The molecule has 0 bridgehead atoms. The molecule has 1 aromatic carbocycles. The third kappa shape index (κ3) is 3.63. The van der Waals surface area contributed by atoms with Gasteiger partial charge in [-0.25, -0.2) is 4.79 Å². The van der Waals surface area contributed by atoms with E-state index in [9.17, 15) is 9.90 Å². The summed E-state index contributed by atoms with van der Waals surface area (Å²) >= 11 is 0. The van der Waals surface area contributed by atoms with E-state index in [4.69, 9.17) is 9.47 Å². The van der Waals surface area contributed by atoms with Gasteiger partial charge in [-0.15, -0.1) is 0 Å². The molecule has 20 heavy (non-hydrogen) atoms. The van der Waals surface area contributed by atoms with Gasteiger partial charge in [0.15, 0.2) is 11.5 Å². The quantitative estimate of drug-likeness (QED) is 0.840. The molecule has 112 valence electrons.